The van der Waals surface area contributed by atoms with Crippen molar-refractivity contribution in [2.45, 2.75) is 13.5 Å². The first-order valence-electron chi connectivity index (χ1n) is 10.6. The molecule has 7 nitrogen and oxygen atoms in total. The number of para-hydroxylation sites is 1. The van der Waals surface area contributed by atoms with Crippen LogP contribution < -0.4 is 4.90 Å². The van der Waals surface area contributed by atoms with Gasteiger partial charge in [-0.2, -0.15) is 5.10 Å². The molecule has 2 aromatic carbocycles. The lowest BCUT2D eigenvalue weighted by molar-refractivity contribution is -0.134. The molecular weight excluding hydrogens is 463 g/mol. The van der Waals surface area contributed by atoms with Gasteiger partial charge in [-0.05, 0) is 30.7 Å². The van der Waals surface area contributed by atoms with E-state index in [0.717, 1.165) is 24.3 Å². The van der Waals surface area contributed by atoms with E-state index in [9.17, 15) is 9.59 Å². The predicted molar refractivity (Wildman–Crippen MR) is 128 cm³/mol. The Morgan fingerprint density at radius 2 is 1.64 bits per heavy atom. The SMILES string of the molecule is Cc1nn(Cc2ccccc2Cl)c(Cl)c1C(=O)OCC(=O)N1CCN(c2ccccc2)CC1. The number of anilines is 1. The Morgan fingerprint density at radius 1 is 0.970 bits per heavy atom. The summed E-state index contributed by atoms with van der Waals surface area (Å²) >= 11 is 12.6. The lowest BCUT2D eigenvalue weighted by Crippen LogP contribution is -2.49. The van der Waals surface area contributed by atoms with Crippen molar-refractivity contribution in [1.82, 2.24) is 14.7 Å². The number of rotatable bonds is 6. The minimum Gasteiger partial charge on any atom is -0.452 e. The van der Waals surface area contributed by atoms with Crippen molar-refractivity contribution in [3.8, 4) is 0 Å². The third kappa shape index (κ3) is 5.31. The molecule has 172 valence electrons. The molecule has 0 radical (unpaired) electrons. The number of hydrogen-bond donors (Lipinski definition) is 0. The number of hydrogen-bond acceptors (Lipinski definition) is 5. The summed E-state index contributed by atoms with van der Waals surface area (Å²) in [5.74, 6) is -0.896. The van der Waals surface area contributed by atoms with Crippen molar-refractivity contribution >= 4 is 40.8 Å². The molecule has 0 aliphatic carbocycles. The summed E-state index contributed by atoms with van der Waals surface area (Å²) in [6, 6.07) is 17.4. The van der Waals surface area contributed by atoms with Crippen molar-refractivity contribution in [1.29, 1.82) is 0 Å². The van der Waals surface area contributed by atoms with E-state index in [-0.39, 0.29) is 23.2 Å². The Balaban J connectivity index is 1.33. The van der Waals surface area contributed by atoms with E-state index in [1.54, 1.807) is 17.9 Å². The van der Waals surface area contributed by atoms with Crippen LogP contribution in [-0.2, 0) is 16.1 Å². The summed E-state index contributed by atoms with van der Waals surface area (Å²) in [5, 5.41) is 5.09. The molecule has 33 heavy (non-hydrogen) atoms. The van der Waals surface area contributed by atoms with Crippen LogP contribution in [0.25, 0.3) is 0 Å². The highest BCUT2D eigenvalue weighted by molar-refractivity contribution is 6.33. The number of aryl methyl sites for hydroxylation is 1. The number of aromatic nitrogens is 2. The van der Waals surface area contributed by atoms with Crippen LogP contribution in [0.3, 0.4) is 0 Å². The second-order valence-corrected chi connectivity index (χ2v) is 8.55. The number of carbonyl (C=O) groups is 2. The first-order valence-corrected chi connectivity index (χ1v) is 11.4. The highest BCUT2D eigenvalue weighted by atomic mass is 35.5. The molecule has 0 N–H and O–H groups in total. The molecule has 9 heteroatoms. The van der Waals surface area contributed by atoms with Crippen LogP contribution in [0.1, 0.15) is 21.6 Å². The smallest absolute Gasteiger partial charge is 0.343 e. The molecule has 1 saturated heterocycles. The fourth-order valence-corrected chi connectivity index (χ4v) is 4.33. The second kappa shape index (κ2) is 10.3. The number of halogens is 2. The lowest BCUT2D eigenvalue weighted by atomic mass is 10.2. The number of ether oxygens (including phenoxy) is 1. The Bertz CT molecular complexity index is 1140. The van der Waals surface area contributed by atoms with Crippen molar-refractivity contribution in [3.63, 3.8) is 0 Å². The van der Waals surface area contributed by atoms with E-state index in [1.165, 1.54) is 4.68 Å². The summed E-state index contributed by atoms with van der Waals surface area (Å²) in [6.45, 7) is 4.25. The fourth-order valence-electron chi connectivity index (χ4n) is 3.82. The molecular formula is C24H24Cl2N4O3. The maximum absolute atomic E-state index is 12.7. The predicted octanol–water partition coefficient (Wildman–Crippen LogP) is 4.05. The topological polar surface area (TPSA) is 67.7 Å². The van der Waals surface area contributed by atoms with Crippen LogP contribution in [0.15, 0.2) is 54.6 Å². The summed E-state index contributed by atoms with van der Waals surface area (Å²) in [4.78, 5) is 29.2. The van der Waals surface area contributed by atoms with Crippen molar-refractivity contribution in [3.05, 3.63) is 81.6 Å². The summed E-state index contributed by atoms with van der Waals surface area (Å²) in [6.07, 6.45) is 0. The van der Waals surface area contributed by atoms with Gasteiger partial charge in [0.1, 0.15) is 10.7 Å². The van der Waals surface area contributed by atoms with E-state index < -0.39 is 5.97 Å². The highest BCUT2D eigenvalue weighted by Crippen LogP contribution is 2.24. The van der Waals surface area contributed by atoms with E-state index in [1.807, 2.05) is 36.4 Å². The highest BCUT2D eigenvalue weighted by Gasteiger charge is 2.25. The van der Waals surface area contributed by atoms with Gasteiger partial charge in [0.2, 0.25) is 0 Å². The molecule has 1 fully saturated rings. The molecule has 0 spiro atoms. The van der Waals surface area contributed by atoms with E-state index in [2.05, 4.69) is 22.1 Å². The van der Waals surface area contributed by atoms with E-state index >= 15 is 0 Å². The average molecular weight is 487 g/mol. The quantitative estimate of drug-likeness (QED) is 0.491. The van der Waals surface area contributed by atoms with Gasteiger partial charge < -0.3 is 14.5 Å². The molecule has 0 saturated carbocycles. The maximum atomic E-state index is 12.7. The number of piperazine rings is 1. The lowest BCUT2D eigenvalue weighted by Gasteiger charge is -2.36. The van der Waals surface area contributed by atoms with Crippen LogP contribution in [-0.4, -0.2) is 59.3 Å². The van der Waals surface area contributed by atoms with Gasteiger partial charge in [-0.25, -0.2) is 9.48 Å². The molecule has 2 heterocycles. The monoisotopic (exact) mass is 486 g/mol. The van der Waals surface area contributed by atoms with Gasteiger partial charge >= 0.3 is 5.97 Å². The molecule has 1 aliphatic rings. The zero-order valence-electron chi connectivity index (χ0n) is 18.2. The Morgan fingerprint density at radius 3 is 2.33 bits per heavy atom. The summed E-state index contributed by atoms with van der Waals surface area (Å²) < 4.78 is 6.80. The van der Waals surface area contributed by atoms with Gasteiger partial charge in [0.05, 0.1) is 12.2 Å². The van der Waals surface area contributed by atoms with Crippen LogP contribution in [0.4, 0.5) is 5.69 Å². The zero-order valence-corrected chi connectivity index (χ0v) is 19.7. The van der Waals surface area contributed by atoms with Gasteiger partial charge in [0.25, 0.3) is 5.91 Å². The normalized spacial score (nSPS) is 13.8. The zero-order chi connectivity index (χ0) is 23.4. The maximum Gasteiger partial charge on any atom is 0.343 e. The Labute approximate surface area is 202 Å². The number of amides is 1. The second-order valence-electron chi connectivity index (χ2n) is 7.78. The van der Waals surface area contributed by atoms with Gasteiger partial charge in [0, 0.05) is 36.9 Å². The van der Waals surface area contributed by atoms with E-state index in [0.29, 0.717) is 30.4 Å². The molecule has 4 rings (SSSR count). The Hall–Kier alpha value is -3.03. The minimum absolute atomic E-state index is 0.154. The summed E-state index contributed by atoms with van der Waals surface area (Å²) in [7, 11) is 0. The summed E-state index contributed by atoms with van der Waals surface area (Å²) in [5.41, 5.74) is 2.55. The van der Waals surface area contributed by atoms with Gasteiger partial charge in [0.15, 0.2) is 6.61 Å². The average Bonchev–Trinajstić information content (AvgIpc) is 3.12. The Kier molecular flexibility index (Phi) is 7.20. The van der Waals surface area contributed by atoms with Crippen molar-refractivity contribution in [2.24, 2.45) is 0 Å². The number of carbonyl (C=O) groups excluding carboxylic acids is 2. The molecule has 1 aliphatic heterocycles. The molecule has 1 aromatic heterocycles. The van der Waals surface area contributed by atoms with Gasteiger partial charge in [-0.3, -0.25) is 4.79 Å². The van der Waals surface area contributed by atoms with Crippen molar-refractivity contribution in [2.75, 3.05) is 37.7 Å². The van der Waals surface area contributed by atoms with Crippen LogP contribution >= 0.6 is 23.2 Å². The third-order valence-electron chi connectivity index (χ3n) is 5.63. The molecule has 0 atom stereocenters. The van der Waals surface area contributed by atoms with Crippen LogP contribution in [0.5, 0.6) is 0 Å². The first-order chi connectivity index (χ1) is 15.9. The van der Waals surface area contributed by atoms with Gasteiger partial charge in [-0.1, -0.05) is 59.6 Å². The standard InChI is InChI=1S/C24H24Cl2N4O3/c1-17-22(23(26)30(27-17)15-18-7-5-6-10-20(18)25)24(32)33-16-21(31)29-13-11-28(12-14-29)19-8-3-2-4-9-19/h2-10H,11-16H2,1H3. The third-order valence-corrected chi connectivity index (χ3v) is 6.38. The molecule has 0 bridgehead atoms. The van der Waals surface area contributed by atoms with Gasteiger partial charge in [-0.15, -0.1) is 0 Å². The molecule has 1 amide bonds. The molecule has 3 aromatic rings. The number of benzene rings is 2. The largest absolute Gasteiger partial charge is 0.452 e. The van der Waals surface area contributed by atoms with E-state index in [4.69, 9.17) is 27.9 Å². The van der Waals surface area contributed by atoms with Crippen LogP contribution in [0.2, 0.25) is 10.2 Å². The fraction of sp³-hybridized carbons (Fsp3) is 0.292. The molecule has 0 unspecified atom stereocenters. The number of esters is 1. The van der Waals surface area contributed by atoms with Crippen molar-refractivity contribution < 1.29 is 14.3 Å². The van der Waals surface area contributed by atoms with Crippen LogP contribution in [0, 0.1) is 6.92 Å². The minimum atomic E-state index is -0.667. The number of nitrogens with zero attached hydrogens (tertiary/aromatic N) is 4. The first kappa shape index (κ1) is 23.1.